The lowest BCUT2D eigenvalue weighted by atomic mass is 10.3. The number of aromatic amines is 1. The van der Waals surface area contributed by atoms with Gasteiger partial charge in [-0.1, -0.05) is 13.5 Å². The van der Waals surface area contributed by atoms with Crippen LogP contribution < -0.4 is 5.32 Å². The Morgan fingerprint density at radius 1 is 1.92 bits per heavy atom. The van der Waals surface area contributed by atoms with Crippen molar-refractivity contribution in [2.75, 3.05) is 5.32 Å². The standard InChI is InChI=1S/C8H11N3O/c1-3-6-5-7(11-10-6)9-8(12)4-2/h4-5H,2-3H2,1H3,(H2,9,10,11,12). The summed E-state index contributed by atoms with van der Waals surface area (Å²) in [5.41, 5.74) is 0.995. The molecule has 0 aromatic carbocycles. The summed E-state index contributed by atoms with van der Waals surface area (Å²) in [6, 6.07) is 1.79. The third-order valence-electron chi connectivity index (χ3n) is 1.45. The molecule has 0 unspecified atom stereocenters. The van der Waals surface area contributed by atoms with Crippen LogP contribution in [-0.2, 0) is 11.2 Å². The van der Waals surface area contributed by atoms with E-state index in [9.17, 15) is 4.79 Å². The van der Waals surface area contributed by atoms with Crippen LogP contribution in [0.15, 0.2) is 18.7 Å². The van der Waals surface area contributed by atoms with Gasteiger partial charge in [-0.25, -0.2) is 0 Å². The van der Waals surface area contributed by atoms with E-state index in [1.54, 1.807) is 6.07 Å². The number of carbonyl (C=O) groups excluding carboxylic acids is 1. The van der Waals surface area contributed by atoms with E-state index in [-0.39, 0.29) is 5.91 Å². The smallest absolute Gasteiger partial charge is 0.248 e. The molecule has 0 saturated heterocycles. The topological polar surface area (TPSA) is 57.8 Å². The molecule has 1 amide bonds. The SMILES string of the molecule is C=CC(=O)Nc1cc(CC)[nH]n1. The lowest BCUT2D eigenvalue weighted by Crippen LogP contribution is -2.07. The molecule has 0 aliphatic heterocycles. The normalized spacial score (nSPS) is 9.42. The van der Waals surface area contributed by atoms with E-state index >= 15 is 0 Å². The first kappa shape index (κ1) is 8.52. The fourth-order valence-electron chi connectivity index (χ4n) is 0.784. The van der Waals surface area contributed by atoms with Gasteiger partial charge in [-0.05, 0) is 12.5 Å². The molecule has 64 valence electrons. The molecule has 12 heavy (non-hydrogen) atoms. The monoisotopic (exact) mass is 165 g/mol. The number of aromatic nitrogens is 2. The van der Waals surface area contributed by atoms with E-state index in [1.165, 1.54) is 6.08 Å². The van der Waals surface area contributed by atoms with Gasteiger partial charge in [-0.3, -0.25) is 9.89 Å². The highest BCUT2D eigenvalue weighted by Crippen LogP contribution is 2.04. The maximum Gasteiger partial charge on any atom is 0.248 e. The van der Waals surface area contributed by atoms with Gasteiger partial charge in [0.2, 0.25) is 5.91 Å². The van der Waals surface area contributed by atoms with E-state index < -0.39 is 0 Å². The zero-order valence-corrected chi connectivity index (χ0v) is 6.92. The second-order valence-corrected chi connectivity index (χ2v) is 2.33. The van der Waals surface area contributed by atoms with Crippen molar-refractivity contribution < 1.29 is 4.79 Å². The first-order chi connectivity index (χ1) is 5.76. The summed E-state index contributed by atoms with van der Waals surface area (Å²) in [7, 11) is 0. The third kappa shape index (κ3) is 1.95. The molecule has 0 bridgehead atoms. The molecule has 0 atom stereocenters. The average molecular weight is 165 g/mol. The molecule has 4 nitrogen and oxygen atoms in total. The summed E-state index contributed by atoms with van der Waals surface area (Å²) in [4.78, 5) is 10.8. The van der Waals surface area contributed by atoms with Crippen LogP contribution in [0.3, 0.4) is 0 Å². The maximum atomic E-state index is 10.8. The lowest BCUT2D eigenvalue weighted by molar-refractivity contribution is -0.111. The van der Waals surface area contributed by atoms with E-state index in [0.29, 0.717) is 5.82 Å². The summed E-state index contributed by atoms with van der Waals surface area (Å²) >= 11 is 0. The Kier molecular flexibility index (Phi) is 2.63. The minimum atomic E-state index is -0.246. The molecule has 4 heteroatoms. The van der Waals surface area contributed by atoms with Crippen molar-refractivity contribution in [3.05, 3.63) is 24.4 Å². The Morgan fingerprint density at radius 2 is 2.67 bits per heavy atom. The third-order valence-corrected chi connectivity index (χ3v) is 1.45. The second-order valence-electron chi connectivity index (χ2n) is 2.33. The Balaban J connectivity index is 2.63. The number of nitrogens with one attached hydrogen (secondary N) is 2. The van der Waals surface area contributed by atoms with E-state index in [1.807, 2.05) is 6.92 Å². The summed E-state index contributed by atoms with van der Waals surface area (Å²) in [5, 5.41) is 9.20. The maximum absolute atomic E-state index is 10.8. The Labute approximate surface area is 70.7 Å². The van der Waals surface area contributed by atoms with Crippen molar-refractivity contribution in [2.45, 2.75) is 13.3 Å². The molecule has 2 N–H and O–H groups in total. The van der Waals surface area contributed by atoms with Crippen LogP contribution in [0.2, 0.25) is 0 Å². The van der Waals surface area contributed by atoms with E-state index in [0.717, 1.165) is 12.1 Å². The van der Waals surface area contributed by atoms with Gasteiger partial charge < -0.3 is 5.32 Å². The highest BCUT2D eigenvalue weighted by molar-refractivity contribution is 5.98. The minimum Gasteiger partial charge on any atom is -0.306 e. The number of amides is 1. The Hall–Kier alpha value is -1.58. The first-order valence-corrected chi connectivity index (χ1v) is 3.74. The number of rotatable bonds is 3. The second kappa shape index (κ2) is 3.71. The van der Waals surface area contributed by atoms with Crippen LogP contribution in [0.1, 0.15) is 12.6 Å². The van der Waals surface area contributed by atoms with Crippen molar-refractivity contribution in [3.8, 4) is 0 Å². The first-order valence-electron chi connectivity index (χ1n) is 3.74. The summed E-state index contributed by atoms with van der Waals surface area (Å²) < 4.78 is 0. The van der Waals surface area contributed by atoms with Gasteiger partial charge in [0.15, 0.2) is 5.82 Å². The average Bonchev–Trinajstić information content (AvgIpc) is 2.52. The largest absolute Gasteiger partial charge is 0.306 e. The van der Waals surface area contributed by atoms with Crippen LogP contribution in [0.5, 0.6) is 0 Å². The predicted molar refractivity (Wildman–Crippen MR) is 46.8 cm³/mol. The quantitative estimate of drug-likeness (QED) is 0.659. The summed E-state index contributed by atoms with van der Waals surface area (Å²) in [6.45, 7) is 5.34. The van der Waals surface area contributed by atoms with Crippen molar-refractivity contribution in [2.24, 2.45) is 0 Å². The predicted octanol–water partition coefficient (Wildman–Crippen LogP) is 1.10. The van der Waals surface area contributed by atoms with Gasteiger partial charge in [0, 0.05) is 11.8 Å². The molecular formula is C8H11N3O. The number of carbonyl (C=O) groups is 1. The van der Waals surface area contributed by atoms with Crippen molar-refractivity contribution in [3.63, 3.8) is 0 Å². The number of anilines is 1. The molecule has 1 heterocycles. The molecule has 1 aromatic heterocycles. The molecule has 0 saturated carbocycles. The molecule has 0 aliphatic carbocycles. The van der Waals surface area contributed by atoms with Crippen LogP contribution >= 0.6 is 0 Å². The molecule has 1 rings (SSSR count). The van der Waals surface area contributed by atoms with Crippen molar-refractivity contribution in [1.82, 2.24) is 10.2 Å². The molecule has 0 aliphatic rings. The number of hydrogen-bond donors (Lipinski definition) is 2. The van der Waals surface area contributed by atoms with Gasteiger partial charge >= 0.3 is 0 Å². The van der Waals surface area contributed by atoms with Crippen LogP contribution in [0.4, 0.5) is 5.82 Å². The van der Waals surface area contributed by atoms with Gasteiger partial charge in [-0.15, -0.1) is 0 Å². The number of H-pyrrole nitrogens is 1. The fraction of sp³-hybridized carbons (Fsp3) is 0.250. The Bertz CT molecular complexity index is 290. The van der Waals surface area contributed by atoms with Crippen molar-refractivity contribution in [1.29, 1.82) is 0 Å². The number of aryl methyl sites for hydroxylation is 1. The molecule has 0 fully saturated rings. The van der Waals surface area contributed by atoms with Gasteiger partial charge in [-0.2, -0.15) is 5.10 Å². The molecular weight excluding hydrogens is 154 g/mol. The zero-order chi connectivity index (χ0) is 8.97. The van der Waals surface area contributed by atoms with E-state index in [4.69, 9.17) is 0 Å². The van der Waals surface area contributed by atoms with Gasteiger partial charge in [0.1, 0.15) is 0 Å². The van der Waals surface area contributed by atoms with Crippen LogP contribution in [0, 0.1) is 0 Å². The molecule has 0 spiro atoms. The number of hydrogen-bond acceptors (Lipinski definition) is 2. The van der Waals surface area contributed by atoms with Gasteiger partial charge in [0.05, 0.1) is 0 Å². The van der Waals surface area contributed by atoms with Crippen LogP contribution in [0.25, 0.3) is 0 Å². The number of nitrogens with zero attached hydrogens (tertiary/aromatic N) is 1. The zero-order valence-electron chi connectivity index (χ0n) is 6.92. The molecule has 0 radical (unpaired) electrons. The van der Waals surface area contributed by atoms with Crippen LogP contribution in [-0.4, -0.2) is 16.1 Å². The van der Waals surface area contributed by atoms with E-state index in [2.05, 4.69) is 22.1 Å². The summed E-state index contributed by atoms with van der Waals surface area (Å²) in [6.07, 6.45) is 2.08. The summed E-state index contributed by atoms with van der Waals surface area (Å²) in [5.74, 6) is 0.293. The highest BCUT2D eigenvalue weighted by atomic mass is 16.1. The Morgan fingerprint density at radius 3 is 3.17 bits per heavy atom. The lowest BCUT2D eigenvalue weighted by Gasteiger charge is -1.92. The van der Waals surface area contributed by atoms with Crippen molar-refractivity contribution >= 4 is 11.7 Å². The highest BCUT2D eigenvalue weighted by Gasteiger charge is 2.00. The van der Waals surface area contributed by atoms with Gasteiger partial charge in [0.25, 0.3) is 0 Å². The molecule has 1 aromatic rings. The minimum absolute atomic E-state index is 0.246. The fourth-order valence-corrected chi connectivity index (χ4v) is 0.784.